The van der Waals surface area contributed by atoms with E-state index in [1.165, 1.54) is 0 Å². The predicted molar refractivity (Wildman–Crippen MR) is 114 cm³/mol. The predicted octanol–water partition coefficient (Wildman–Crippen LogP) is 3.01. The fraction of sp³-hybridized carbons (Fsp3) is 0.600. The summed E-state index contributed by atoms with van der Waals surface area (Å²) in [5, 5.41) is 10.3. The molecule has 1 heterocycles. The number of nitrogens with one attached hydrogen (secondary N) is 3. The number of guanidine groups is 1. The second-order valence-corrected chi connectivity index (χ2v) is 7.67. The van der Waals surface area contributed by atoms with Crippen molar-refractivity contribution in [2.75, 3.05) is 32.0 Å². The van der Waals surface area contributed by atoms with Crippen molar-refractivity contribution in [3.63, 3.8) is 0 Å². The van der Waals surface area contributed by atoms with Crippen LogP contribution in [0.1, 0.15) is 38.7 Å². The third-order valence-corrected chi connectivity index (χ3v) is 5.42. The molecule has 7 heteroatoms. The molecular formula is C20H32ClN5O. The van der Waals surface area contributed by atoms with Gasteiger partial charge in [0.2, 0.25) is 5.91 Å². The van der Waals surface area contributed by atoms with Gasteiger partial charge >= 0.3 is 0 Å². The summed E-state index contributed by atoms with van der Waals surface area (Å²) in [4.78, 5) is 18.9. The summed E-state index contributed by atoms with van der Waals surface area (Å²) in [6.07, 6.45) is 2.57. The Morgan fingerprint density at radius 1 is 1.33 bits per heavy atom. The van der Waals surface area contributed by atoms with Crippen LogP contribution < -0.4 is 16.0 Å². The molecule has 0 atom stereocenters. The number of halogens is 1. The lowest BCUT2D eigenvalue weighted by molar-refractivity contribution is -0.116. The first-order valence-corrected chi connectivity index (χ1v) is 10.0. The molecule has 0 radical (unpaired) electrons. The zero-order valence-corrected chi connectivity index (χ0v) is 17.6. The molecule has 1 aliphatic heterocycles. The first-order chi connectivity index (χ1) is 12.9. The van der Waals surface area contributed by atoms with Gasteiger partial charge in [-0.15, -0.1) is 0 Å². The van der Waals surface area contributed by atoms with Crippen LogP contribution in [-0.4, -0.2) is 55.5 Å². The third-order valence-electron chi connectivity index (χ3n) is 5.01. The van der Waals surface area contributed by atoms with Crippen LogP contribution >= 0.6 is 11.6 Å². The molecular weight excluding hydrogens is 362 g/mol. The van der Waals surface area contributed by atoms with Crippen molar-refractivity contribution >= 4 is 29.2 Å². The first kappa shape index (κ1) is 21.5. The third kappa shape index (κ3) is 6.70. The highest BCUT2D eigenvalue weighted by Crippen LogP contribution is 2.22. The fourth-order valence-corrected chi connectivity index (χ4v) is 3.37. The molecule has 1 aliphatic rings. The number of hydrogen-bond acceptors (Lipinski definition) is 3. The minimum absolute atomic E-state index is 0.0476. The lowest BCUT2D eigenvalue weighted by atomic mass is 10.0. The Hall–Kier alpha value is -1.79. The number of benzene rings is 1. The van der Waals surface area contributed by atoms with Crippen molar-refractivity contribution in [1.82, 2.24) is 15.5 Å². The normalized spacial score (nSPS) is 16.4. The molecule has 0 saturated carbocycles. The van der Waals surface area contributed by atoms with E-state index >= 15 is 0 Å². The molecule has 150 valence electrons. The molecule has 6 nitrogen and oxygen atoms in total. The maximum absolute atomic E-state index is 12.2. The van der Waals surface area contributed by atoms with Crippen molar-refractivity contribution in [1.29, 1.82) is 0 Å². The van der Waals surface area contributed by atoms with Crippen LogP contribution in [0.25, 0.3) is 0 Å². The molecule has 0 aliphatic carbocycles. The average molecular weight is 394 g/mol. The van der Waals surface area contributed by atoms with Crippen LogP contribution in [0.15, 0.2) is 23.2 Å². The average Bonchev–Trinajstić information content (AvgIpc) is 2.65. The standard InChI is InChI=1S/C20H32ClN5O/c1-14(2)26-12-9-16(10-13-26)24-20(22-4)23-11-8-19(27)25-18-7-5-6-17(21)15(18)3/h5-7,14,16H,8-13H2,1-4H3,(H,25,27)(H2,22,23,24). The van der Waals surface area contributed by atoms with Crippen LogP contribution in [0.4, 0.5) is 5.69 Å². The van der Waals surface area contributed by atoms with Gasteiger partial charge in [0.25, 0.3) is 0 Å². The Kier molecular flexibility index (Phi) is 8.38. The van der Waals surface area contributed by atoms with Crippen molar-refractivity contribution in [2.24, 2.45) is 4.99 Å². The number of carbonyl (C=O) groups is 1. The van der Waals surface area contributed by atoms with E-state index in [1.807, 2.05) is 25.1 Å². The highest BCUT2D eigenvalue weighted by atomic mass is 35.5. The number of aliphatic imine (C=N–C) groups is 1. The SMILES string of the molecule is CN=C(NCCC(=O)Nc1cccc(Cl)c1C)NC1CCN(C(C)C)CC1. The molecule has 1 aromatic rings. The first-order valence-electron chi connectivity index (χ1n) is 9.67. The minimum Gasteiger partial charge on any atom is -0.356 e. The molecule has 0 spiro atoms. The number of piperidine rings is 1. The molecule has 1 fully saturated rings. The van der Waals surface area contributed by atoms with E-state index in [0.717, 1.165) is 43.1 Å². The highest BCUT2D eigenvalue weighted by molar-refractivity contribution is 6.31. The summed E-state index contributed by atoms with van der Waals surface area (Å²) >= 11 is 6.09. The maximum Gasteiger partial charge on any atom is 0.226 e. The smallest absolute Gasteiger partial charge is 0.226 e. The van der Waals surface area contributed by atoms with Crippen molar-refractivity contribution in [3.8, 4) is 0 Å². The van der Waals surface area contributed by atoms with Gasteiger partial charge in [0, 0.05) is 55.9 Å². The Morgan fingerprint density at radius 3 is 2.67 bits per heavy atom. The highest BCUT2D eigenvalue weighted by Gasteiger charge is 2.21. The quantitative estimate of drug-likeness (QED) is 0.513. The van der Waals surface area contributed by atoms with Crippen molar-refractivity contribution in [2.45, 2.75) is 52.1 Å². The van der Waals surface area contributed by atoms with Crippen LogP contribution in [-0.2, 0) is 4.79 Å². The molecule has 27 heavy (non-hydrogen) atoms. The van der Waals surface area contributed by atoms with Crippen LogP contribution in [0, 0.1) is 6.92 Å². The summed E-state index contributed by atoms with van der Waals surface area (Å²) in [5.41, 5.74) is 1.64. The Balaban J connectivity index is 1.72. The molecule has 1 amide bonds. The van der Waals surface area contributed by atoms with Gasteiger partial charge < -0.3 is 20.9 Å². The summed E-state index contributed by atoms with van der Waals surface area (Å²) in [6.45, 7) is 9.11. The fourth-order valence-electron chi connectivity index (χ4n) is 3.20. The van der Waals surface area contributed by atoms with Gasteiger partial charge in [0.05, 0.1) is 0 Å². The van der Waals surface area contributed by atoms with Gasteiger partial charge in [0.1, 0.15) is 0 Å². The molecule has 1 aromatic carbocycles. The Bertz CT molecular complexity index is 654. The van der Waals surface area contributed by atoms with E-state index < -0.39 is 0 Å². The second kappa shape index (κ2) is 10.5. The molecule has 1 saturated heterocycles. The van der Waals surface area contributed by atoms with Crippen LogP contribution in [0.2, 0.25) is 5.02 Å². The summed E-state index contributed by atoms with van der Waals surface area (Å²) < 4.78 is 0. The monoisotopic (exact) mass is 393 g/mol. The van der Waals surface area contributed by atoms with Crippen LogP contribution in [0.3, 0.4) is 0 Å². The molecule has 2 rings (SSSR count). The summed E-state index contributed by atoms with van der Waals surface area (Å²) in [7, 11) is 1.76. The Labute approximate surface area is 167 Å². The van der Waals surface area contributed by atoms with Gasteiger partial charge in [0.15, 0.2) is 5.96 Å². The maximum atomic E-state index is 12.2. The molecule has 0 bridgehead atoms. The van der Waals surface area contributed by atoms with E-state index in [4.69, 9.17) is 11.6 Å². The number of rotatable bonds is 6. The number of amides is 1. The Morgan fingerprint density at radius 2 is 2.04 bits per heavy atom. The van der Waals surface area contributed by atoms with Crippen LogP contribution in [0.5, 0.6) is 0 Å². The van der Waals surface area contributed by atoms with E-state index in [2.05, 4.69) is 39.7 Å². The van der Waals surface area contributed by atoms with E-state index in [-0.39, 0.29) is 5.91 Å². The van der Waals surface area contributed by atoms with Gasteiger partial charge in [-0.25, -0.2) is 0 Å². The summed E-state index contributed by atoms with van der Waals surface area (Å²) in [5.74, 6) is 0.707. The van der Waals surface area contributed by atoms with E-state index in [1.54, 1.807) is 7.05 Å². The van der Waals surface area contributed by atoms with Gasteiger partial charge in [-0.2, -0.15) is 0 Å². The summed E-state index contributed by atoms with van der Waals surface area (Å²) in [6, 6.07) is 6.53. The number of anilines is 1. The minimum atomic E-state index is -0.0476. The molecule has 0 unspecified atom stereocenters. The second-order valence-electron chi connectivity index (χ2n) is 7.26. The lowest BCUT2D eigenvalue weighted by Gasteiger charge is -2.35. The topological polar surface area (TPSA) is 68.8 Å². The van der Waals surface area contributed by atoms with Gasteiger partial charge in [-0.1, -0.05) is 17.7 Å². The lowest BCUT2D eigenvalue weighted by Crippen LogP contribution is -2.50. The van der Waals surface area contributed by atoms with E-state index in [0.29, 0.717) is 30.1 Å². The zero-order valence-electron chi connectivity index (χ0n) is 16.8. The number of nitrogens with zero attached hydrogens (tertiary/aromatic N) is 2. The number of hydrogen-bond donors (Lipinski definition) is 3. The van der Waals surface area contributed by atoms with Crippen molar-refractivity contribution < 1.29 is 4.79 Å². The van der Waals surface area contributed by atoms with Gasteiger partial charge in [-0.3, -0.25) is 9.79 Å². The number of likely N-dealkylation sites (tertiary alicyclic amines) is 1. The zero-order chi connectivity index (χ0) is 19.8. The van der Waals surface area contributed by atoms with E-state index in [9.17, 15) is 4.79 Å². The van der Waals surface area contributed by atoms with Crippen molar-refractivity contribution in [3.05, 3.63) is 28.8 Å². The van der Waals surface area contributed by atoms with Gasteiger partial charge in [-0.05, 0) is 51.3 Å². The largest absolute Gasteiger partial charge is 0.356 e. The molecule has 3 N–H and O–H groups in total. The number of carbonyl (C=O) groups excluding carboxylic acids is 1. The molecule has 0 aromatic heterocycles.